The van der Waals surface area contributed by atoms with Crippen LogP contribution in [-0.4, -0.2) is 11.5 Å². The first-order valence-corrected chi connectivity index (χ1v) is 5.26. The van der Waals surface area contributed by atoms with Crippen molar-refractivity contribution in [2.24, 2.45) is 15.9 Å². The maximum atomic E-state index is 5.90. The molecular weight excluding hydrogens is 233 g/mol. The monoisotopic (exact) mass is 241 g/mol. The maximum absolute atomic E-state index is 5.90. The van der Waals surface area contributed by atoms with E-state index in [2.05, 4.69) is 10.2 Å². The van der Waals surface area contributed by atoms with Crippen LogP contribution in [0.5, 0.6) is 0 Å². The molecule has 1 aliphatic rings. The molecule has 1 aromatic rings. The van der Waals surface area contributed by atoms with Crippen LogP contribution >= 0.6 is 23.2 Å². The quantitative estimate of drug-likeness (QED) is 0.808. The Hall–Kier alpha value is -1.06. The molecule has 0 fully saturated rings. The second-order valence-corrected chi connectivity index (χ2v) is 4.17. The van der Waals surface area contributed by atoms with Gasteiger partial charge in [0.05, 0.1) is 5.71 Å². The first-order valence-electron chi connectivity index (χ1n) is 4.50. The lowest BCUT2D eigenvalue weighted by molar-refractivity contribution is 1.02. The Morgan fingerprint density at radius 2 is 1.67 bits per heavy atom. The number of halogens is 2. The fraction of sp³-hybridized carbons (Fsp3) is 0.200. The van der Waals surface area contributed by atoms with Gasteiger partial charge in [0.15, 0.2) is 0 Å². The van der Waals surface area contributed by atoms with Gasteiger partial charge in [-0.2, -0.15) is 5.10 Å². The lowest BCUT2D eigenvalue weighted by atomic mass is 10.0. The van der Waals surface area contributed by atoms with Gasteiger partial charge in [0.2, 0.25) is 0 Å². The molecule has 1 aliphatic heterocycles. The van der Waals surface area contributed by atoms with Crippen LogP contribution in [-0.2, 0) is 0 Å². The summed E-state index contributed by atoms with van der Waals surface area (Å²) in [6.45, 7) is 0. The smallest absolute Gasteiger partial charge is 0.122 e. The van der Waals surface area contributed by atoms with Crippen molar-refractivity contribution in [3.05, 3.63) is 33.8 Å². The predicted molar refractivity (Wildman–Crippen MR) is 63.9 cm³/mol. The minimum Gasteiger partial charge on any atom is -0.386 e. The Balaban J connectivity index is 2.38. The summed E-state index contributed by atoms with van der Waals surface area (Å²) in [4.78, 5) is 0. The zero-order valence-corrected chi connectivity index (χ0v) is 9.39. The number of nitrogens with two attached hydrogens (primary N) is 1. The molecule has 0 saturated carbocycles. The lowest BCUT2D eigenvalue weighted by Gasteiger charge is -2.10. The second kappa shape index (κ2) is 4.21. The molecule has 0 bridgehead atoms. The summed E-state index contributed by atoms with van der Waals surface area (Å²) >= 11 is 11.8. The average molecular weight is 242 g/mol. The highest BCUT2D eigenvalue weighted by Gasteiger charge is 2.10. The SMILES string of the molecule is NC1=NN=C(c2cc(Cl)cc(Cl)c2)CC1. The summed E-state index contributed by atoms with van der Waals surface area (Å²) in [6, 6.07) is 5.33. The summed E-state index contributed by atoms with van der Waals surface area (Å²) in [5.74, 6) is 0.562. The van der Waals surface area contributed by atoms with Gasteiger partial charge < -0.3 is 5.73 Å². The summed E-state index contributed by atoms with van der Waals surface area (Å²) in [5.41, 5.74) is 7.30. The van der Waals surface area contributed by atoms with Crippen molar-refractivity contribution >= 4 is 34.7 Å². The molecule has 5 heteroatoms. The summed E-state index contributed by atoms with van der Waals surface area (Å²) in [6.07, 6.45) is 1.50. The van der Waals surface area contributed by atoms with Crippen LogP contribution in [0, 0.1) is 0 Å². The average Bonchev–Trinajstić information content (AvgIpc) is 2.17. The van der Waals surface area contributed by atoms with E-state index in [-0.39, 0.29) is 0 Å². The van der Waals surface area contributed by atoms with Crippen molar-refractivity contribution in [1.29, 1.82) is 0 Å². The number of nitrogens with zero attached hydrogens (tertiary/aromatic N) is 2. The molecule has 3 nitrogen and oxygen atoms in total. The standard InChI is InChI=1S/C10H9Cl2N3/c11-7-3-6(4-8(12)5-7)9-1-2-10(13)15-14-9/h3-5H,1-2H2,(H2,13,15). The van der Waals surface area contributed by atoms with Crippen molar-refractivity contribution in [2.45, 2.75) is 12.8 Å². The molecule has 15 heavy (non-hydrogen) atoms. The number of hydrogen-bond donors (Lipinski definition) is 1. The fourth-order valence-corrected chi connectivity index (χ4v) is 1.92. The Morgan fingerprint density at radius 3 is 2.20 bits per heavy atom. The van der Waals surface area contributed by atoms with Crippen molar-refractivity contribution in [3.8, 4) is 0 Å². The minimum absolute atomic E-state index is 0.562. The van der Waals surface area contributed by atoms with Gasteiger partial charge in [0.1, 0.15) is 5.84 Å². The van der Waals surface area contributed by atoms with Gasteiger partial charge >= 0.3 is 0 Å². The van der Waals surface area contributed by atoms with E-state index in [9.17, 15) is 0 Å². The fourth-order valence-electron chi connectivity index (χ4n) is 1.39. The Morgan fingerprint density at radius 1 is 1.00 bits per heavy atom. The van der Waals surface area contributed by atoms with Gasteiger partial charge in [-0.25, -0.2) is 0 Å². The highest BCUT2D eigenvalue weighted by atomic mass is 35.5. The topological polar surface area (TPSA) is 50.7 Å². The van der Waals surface area contributed by atoms with Crippen molar-refractivity contribution < 1.29 is 0 Å². The summed E-state index contributed by atoms with van der Waals surface area (Å²) in [7, 11) is 0. The van der Waals surface area contributed by atoms with E-state index in [1.807, 2.05) is 12.1 Å². The third-order valence-corrected chi connectivity index (χ3v) is 2.55. The van der Waals surface area contributed by atoms with E-state index in [1.165, 1.54) is 0 Å². The van der Waals surface area contributed by atoms with Gasteiger partial charge in [-0.05, 0) is 24.6 Å². The predicted octanol–water partition coefficient (Wildman–Crippen LogP) is 2.85. The van der Waals surface area contributed by atoms with E-state index in [0.29, 0.717) is 15.9 Å². The number of amidine groups is 1. The van der Waals surface area contributed by atoms with E-state index in [0.717, 1.165) is 24.1 Å². The summed E-state index contributed by atoms with van der Waals surface area (Å²) in [5, 5.41) is 9.07. The first kappa shape index (κ1) is 10.5. The molecule has 1 aromatic carbocycles. The highest BCUT2D eigenvalue weighted by Crippen LogP contribution is 2.21. The van der Waals surface area contributed by atoms with Crippen LogP contribution in [0.2, 0.25) is 10.0 Å². The number of hydrogen-bond acceptors (Lipinski definition) is 3. The molecule has 0 aromatic heterocycles. The van der Waals surface area contributed by atoms with Gasteiger partial charge in [0, 0.05) is 22.0 Å². The maximum Gasteiger partial charge on any atom is 0.122 e. The molecule has 78 valence electrons. The highest BCUT2D eigenvalue weighted by molar-refractivity contribution is 6.35. The molecule has 0 aliphatic carbocycles. The molecule has 0 spiro atoms. The Kier molecular flexibility index (Phi) is 2.93. The molecule has 0 saturated heterocycles. The lowest BCUT2D eigenvalue weighted by Crippen LogP contribution is -2.17. The van der Waals surface area contributed by atoms with E-state index in [4.69, 9.17) is 28.9 Å². The zero-order chi connectivity index (χ0) is 10.8. The largest absolute Gasteiger partial charge is 0.386 e. The van der Waals surface area contributed by atoms with Gasteiger partial charge in [-0.1, -0.05) is 23.2 Å². The number of rotatable bonds is 1. The second-order valence-electron chi connectivity index (χ2n) is 3.30. The molecule has 0 atom stereocenters. The summed E-state index contributed by atoms with van der Waals surface area (Å²) < 4.78 is 0. The molecule has 2 N–H and O–H groups in total. The molecule has 2 rings (SSSR count). The third kappa shape index (κ3) is 2.49. The molecule has 1 heterocycles. The van der Waals surface area contributed by atoms with Crippen molar-refractivity contribution in [2.75, 3.05) is 0 Å². The normalized spacial score (nSPS) is 15.9. The van der Waals surface area contributed by atoms with Crippen LogP contribution in [0.25, 0.3) is 0 Å². The zero-order valence-electron chi connectivity index (χ0n) is 7.87. The Bertz CT molecular complexity index is 432. The van der Waals surface area contributed by atoms with E-state index >= 15 is 0 Å². The first-order chi connectivity index (χ1) is 7.15. The van der Waals surface area contributed by atoms with Crippen LogP contribution in [0.4, 0.5) is 0 Å². The molecule has 0 unspecified atom stereocenters. The van der Waals surface area contributed by atoms with E-state index < -0.39 is 0 Å². The van der Waals surface area contributed by atoms with Crippen LogP contribution in [0.15, 0.2) is 28.4 Å². The third-order valence-electron chi connectivity index (χ3n) is 2.11. The number of benzene rings is 1. The van der Waals surface area contributed by atoms with Gasteiger partial charge in [-0.3, -0.25) is 0 Å². The van der Waals surface area contributed by atoms with Gasteiger partial charge in [-0.15, -0.1) is 5.10 Å². The van der Waals surface area contributed by atoms with Crippen LogP contribution < -0.4 is 5.73 Å². The van der Waals surface area contributed by atoms with Crippen molar-refractivity contribution in [3.63, 3.8) is 0 Å². The minimum atomic E-state index is 0.562. The molecule has 0 radical (unpaired) electrons. The van der Waals surface area contributed by atoms with Crippen LogP contribution in [0.1, 0.15) is 18.4 Å². The molecular formula is C10H9Cl2N3. The Labute approximate surface area is 97.6 Å². The van der Waals surface area contributed by atoms with Crippen LogP contribution in [0.3, 0.4) is 0 Å². The van der Waals surface area contributed by atoms with Gasteiger partial charge in [0.25, 0.3) is 0 Å². The van der Waals surface area contributed by atoms with E-state index in [1.54, 1.807) is 6.07 Å². The molecule has 0 amide bonds. The van der Waals surface area contributed by atoms with Crippen molar-refractivity contribution in [1.82, 2.24) is 0 Å².